The van der Waals surface area contributed by atoms with Crippen LogP contribution in [0.5, 0.6) is 0 Å². The van der Waals surface area contributed by atoms with E-state index in [0.717, 1.165) is 36.2 Å². The normalized spacial score (nSPS) is 17.6. The Balaban J connectivity index is 0.00000225. The second kappa shape index (κ2) is 7.83. The van der Waals surface area contributed by atoms with Crippen molar-refractivity contribution >= 4 is 18.3 Å². The Morgan fingerprint density at radius 1 is 1.36 bits per heavy atom. The van der Waals surface area contributed by atoms with Gasteiger partial charge in [-0.15, -0.1) is 17.5 Å². The van der Waals surface area contributed by atoms with Crippen LogP contribution in [0.3, 0.4) is 0 Å². The molecule has 136 valence electrons. The Bertz CT molecular complexity index is 728. The number of benzene rings is 1. The summed E-state index contributed by atoms with van der Waals surface area (Å²) in [5.41, 5.74) is -0.525. The molecule has 0 aliphatic carbocycles. The van der Waals surface area contributed by atoms with E-state index >= 15 is 0 Å². The summed E-state index contributed by atoms with van der Waals surface area (Å²) in [7, 11) is 0. The Morgan fingerprint density at radius 2 is 2.16 bits per heavy atom. The Morgan fingerprint density at radius 3 is 2.84 bits per heavy atom. The second-order valence-corrected chi connectivity index (χ2v) is 5.61. The smallest absolute Gasteiger partial charge is 0.347 e. The van der Waals surface area contributed by atoms with E-state index in [0.29, 0.717) is 6.54 Å². The number of hydrogen-bond donors (Lipinski definition) is 2. The van der Waals surface area contributed by atoms with Crippen molar-refractivity contribution in [3.05, 3.63) is 41.7 Å². The average molecular weight is 376 g/mol. The van der Waals surface area contributed by atoms with E-state index in [9.17, 15) is 18.0 Å². The van der Waals surface area contributed by atoms with Crippen molar-refractivity contribution < 1.29 is 18.0 Å². The number of nitrogens with one attached hydrogen (secondary N) is 2. The molecule has 1 saturated heterocycles. The third-order valence-corrected chi connectivity index (χ3v) is 3.80. The van der Waals surface area contributed by atoms with Crippen LogP contribution in [-0.4, -0.2) is 40.0 Å². The minimum absolute atomic E-state index is 0. The van der Waals surface area contributed by atoms with Gasteiger partial charge >= 0.3 is 6.18 Å². The highest BCUT2D eigenvalue weighted by Crippen LogP contribution is 2.30. The Hall–Kier alpha value is -2.13. The second-order valence-electron chi connectivity index (χ2n) is 5.61. The third-order valence-electron chi connectivity index (χ3n) is 3.80. The van der Waals surface area contributed by atoms with Gasteiger partial charge in [-0.3, -0.25) is 4.79 Å². The van der Waals surface area contributed by atoms with Crippen LogP contribution in [0.25, 0.3) is 5.69 Å². The van der Waals surface area contributed by atoms with Crippen LogP contribution in [0.2, 0.25) is 0 Å². The van der Waals surface area contributed by atoms with Gasteiger partial charge < -0.3 is 10.6 Å². The summed E-state index contributed by atoms with van der Waals surface area (Å²) in [6, 6.07) is 4.71. The van der Waals surface area contributed by atoms with Gasteiger partial charge in [0.05, 0.1) is 17.4 Å². The molecule has 3 rings (SSSR count). The molecule has 1 aliphatic heterocycles. The molecule has 1 amide bonds. The van der Waals surface area contributed by atoms with E-state index in [4.69, 9.17) is 0 Å². The van der Waals surface area contributed by atoms with Crippen molar-refractivity contribution in [1.82, 2.24) is 25.6 Å². The maximum absolute atomic E-state index is 12.8. The van der Waals surface area contributed by atoms with E-state index in [1.54, 1.807) is 0 Å². The first-order valence-electron chi connectivity index (χ1n) is 7.55. The maximum atomic E-state index is 12.8. The summed E-state index contributed by atoms with van der Waals surface area (Å²) in [4.78, 5) is 12.1. The molecule has 1 aromatic heterocycles. The lowest BCUT2D eigenvalue weighted by Crippen LogP contribution is -2.45. The molecule has 0 spiro atoms. The van der Waals surface area contributed by atoms with Crippen LogP contribution in [-0.2, 0) is 6.18 Å². The number of rotatable bonds is 3. The average Bonchev–Trinajstić information content (AvgIpc) is 3.05. The first-order valence-corrected chi connectivity index (χ1v) is 7.55. The van der Waals surface area contributed by atoms with E-state index in [2.05, 4.69) is 20.9 Å². The van der Waals surface area contributed by atoms with Crippen molar-refractivity contribution in [1.29, 1.82) is 0 Å². The SMILES string of the molecule is Cl.O=C(N[C@H]1CCCNC1)c1cn(-c2cccc(C(F)(F)F)c2)nn1. The number of nitrogens with zero attached hydrogens (tertiary/aromatic N) is 3. The highest BCUT2D eigenvalue weighted by molar-refractivity contribution is 5.92. The Labute approximate surface area is 148 Å². The molecular weight excluding hydrogens is 359 g/mol. The molecule has 0 radical (unpaired) electrons. The first-order chi connectivity index (χ1) is 11.4. The van der Waals surface area contributed by atoms with Crippen molar-refractivity contribution in [2.45, 2.75) is 25.1 Å². The summed E-state index contributed by atoms with van der Waals surface area (Å²) in [6.07, 6.45) is -1.27. The first kappa shape index (κ1) is 19.2. The number of piperidine rings is 1. The molecule has 6 nitrogen and oxygen atoms in total. The minimum Gasteiger partial charge on any atom is -0.347 e. The van der Waals surface area contributed by atoms with Gasteiger partial charge in [0.2, 0.25) is 0 Å². The number of hydrogen-bond acceptors (Lipinski definition) is 4. The quantitative estimate of drug-likeness (QED) is 0.862. The monoisotopic (exact) mass is 375 g/mol. The molecule has 1 fully saturated rings. The number of aromatic nitrogens is 3. The number of carbonyl (C=O) groups excluding carboxylic acids is 1. The molecule has 2 N–H and O–H groups in total. The molecule has 0 unspecified atom stereocenters. The van der Waals surface area contributed by atoms with Crippen molar-refractivity contribution in [2.75, 3.05) is 13.1 Å². The van der Waals surface area contributed by atoms with Crippen LogP contribution >= 0.6 is 12.4 Å². The van der Waals surface area contributed by atoms with Gasteiger partial charge in [0.15, 0.2) is 5.69 Å². The van der Waals surface area contributed by atoms with E-state index < -0.39 is 11.7 Å². The fourth-order valence-electron chi connectivity index (χ4n) is 2.55. The summed E-state index contributed by atoms with van der Waals surface area (Å²) < 4.78 is 39.4. The van der Waals surface area contributed by atoms with E-state index in [1.165, 1.54) is 18.3 Å². The number of halogens is 4. The van der Waals surface area contributed by atoms with Gasteiger partial charge in [0.1, 0.15) is 0 Å². The van der Waals surface area contributed by atoms with Crippen LogP contribution in [0.1, 0.15) is 28.9 Å². The predicted molar refractivity (Wildman–Crippen MR) is 87.0 cm³/mol. The molecule has 10 heteroatoms. The minimum atomic E-state index is -4.44. The molecule has 0 saturated carbocycles. The summed E-state index contributed by atoms with van der Waals surface area (Å²) in [5.74, 6) is -0.387. The number of alkyl halides is 3. The molecule has 0 bridgehead atoms. The van der Waals surface area contributed by atoms with Crippen LogP contribution in [0.4, 0.5) is 13.2 Å². The molecule has 25 heavy (non-hydrogen) atoms. The summed E-state index contributed by atoms with van der Waals surface area (Å²) in [5, 5.41) is 13.5. The largest absolute Gasteiger partial charge is 0.416 e. The number of amides is 1. The topological polar surface area (TPSA) is 71.8 Å². The zero-order chi connectivity index (χ0) is 17.2. The molecular formula is C15H17ClF3N5O. The van der Waals surface area contributed by atoms with Crippen molar-refractivity contribution in [3.8, 4) is 5.69 Å². The van der Waals surface area contributed by atoms with Gasteiger partial charge in [0.25, 0.3) is 5.91 Å². The highest BCUT2D eigenvalue weighted by Gasteiger charge is 2.30. The maximum Gasteiger partial charge on any atom is 0.416 e. The fraction of sp³-hybridized carbons (Fsp3) is 0.400. The highest BCUT2D eigenvalue weighted by atomic mass is 35.5. The molecule has 2 heterocycles. The van der Waals surface area contributed by atoms with Crippen LogP contribution < -0.4 is 10.6 Å². The zero-order valence-electron chi connectivity index (χ0n) is 13.1. The zero-order valence-corrected chi connectivity index (χ0v) is 13.9. The lowest BCUT2D eigenvalue weighted by molar-refractivity contribution is -0.137. The standard InChI is InChI=1S/C15H16F3N5O.ClH/c16-15(17,18)10-3-1-5-12(7-10)23-9-13(21-22-23)14(24)20-11-4-2-6-19-8-11;/h1,3,5,7,9,11,19H,2,4,6,8H2,(H,20,24);1H/t11-;/m0./s1. The van der Waals surface area contributed by atoms with Gasteiger partial charge in [-0.25, -0.2) is 4.68 Å². The van der Waals surface area contributed by atoms with Crippen molar-refractivity contribution in [2.24, 2.45) is 0 Å². The predicted octanol–water partition coefficient (Wildman–Crippen LogP) is 2.19. The van der Waals surface area contributed by atoms with Gasteiger partial charge in [-0.1, -0.05) is 11.3 Å². The molecule has 1 atom stereocenters. The van der Waals surface area contributed by atoms with Crippen LogP contribution in [0.15, 0.2) is 30.5 Å². The molecule has 1 aliphatic rings. The molecule has 1 aromatic carbocycles. The molecule has 2 aromatic rings. The van der Waals surface area contributed by atoms with Gasteiger partial charge in [-0.05, 0) is 37.6 Å². The van der Waals surface area contributed by atoms with Gasteiger partial charge in [0, 0.05) is 12.6 Å². The lowest BCUT2D eigenvalue weighted by atomic mass is 10.1. The number of carbonyl (C=O) groups is 1. The van der Waals surface area contributed by atoms with Crippen LogP contribution in [0, 0.1) is 0 Å². The fourth-order valence-corrected chi connectivity index (χ4v) is 2.55. The summed E-state index contributed by atoms with van der Waals surface area (Å²) >= 11 is 0. The summed E-state index contributed by atoms with van der Waals surface area (Å²) in [6.45, 7) is 1.62. The Kier molecular flexibility index (Phi) is 6.02. The van der Waals surface area contributed by atoms with E-state index in [-0.39, 0.29) is 35.7 Å². The van der Waals surface area contributed by atoms with E-state index in [1.807, 2.05) is 0 Å². The van der Waals surface area contributed by atoms with Crippen molar-refractivity contribution in [3.63, 3.8) is 0 Å². The van der Waals surface area contributed by atoms with Gasteiger partial charge in [-0.2, -0.15) is 13.2 Å². The lowest BCUT2D eigenvalue weighted by Gasteiger charge is -2.23. The third kappa shape index (κ3) is 4.70.